The van der Waals surface area contributed by atoms with E-state index in [0.717, 1.165) is 36.8 Å². The van der Waals surface area contributed by atoms with Crippen LogP contribution in [0, 0.1) is 11.8 Å². The Kier molecular flexibility index (Phi) is 10.4. The number of rotatable bonds is 12. The topological polar surface area (TPSA) is 12.9 Å². The van der Waals surface area contributed by atoms with Crippen molar-refractivity contribution in [3.05, 3.63) is 65.9 Å². The standard InChI is InChI=1S/C30H43N/c1-3-5-7-11-25-14-16-26(17-15-25)12-8-9-13-27-18-21-29(22-19-27)30-23-20-28(24-31-30)10-6-4-2/h8,12,18-26H,3-7,9-11,13-17H2,1-2H3/b12-8+/t25-,26-. The van der Waals surface area contributed by atoms with E-state index in [1.807, 2.05) is 6.20 Å². The summed E-state index contributed by atoms with van der Waals surface area (Å²) in [5.41, 5.74) is 5.07. The second-order valence-corrected chi connectivity index (χ2v) is 9.60. The van der Waals surface area contributed by atoms with Crippen molar-refractivity contribution in [3.63, 3.8) is 0 Å². The third kappa shape index (κ3) is 8.28. The normalized spacial score (nSPS) is 19.2. The predicted molar refractivity (Wildman–Crippen MR) is 135 cm³/mol. The lowest BCUT2D eigenvalue weighted by Crippen LogP contribution is -2.13. The van der Waals surface area contributed by atoms with Gasteiger partial charge in [0.25, 0.3) is 0 Å². The van der Waals surface area contributed by atoms with Crippen molar-refractivity contribution < 1.29 is 0 Å². The van der Waals surface area contributed by atoms with E-state index in [1.165, 1.54) is 80.9 Å². The molecule has 0 bridgehead atoms. The lowest BCUT2D eigenvalue weighted by molar-refractivity contribution is 0.289. The molecule has 0 aliphatic heterocycles. The van der Waals surface area contributed by atoms with Gasteiger partial charge in [0.15, 0.2) is 0 Å². The quantitative estimate of drug-likeness (QED) is 0.248. The number of pyridine rings is 1. The molecular formula is C30H43N. The van der Waals surface area contributed by atoms with E-state index < -0.39 is 0 Å². The molecule has 0 radical (unpaired) electrons. The molecule has 1 aliphatic carbocycles. The van der Waals surface area contributed by atoms with Gasteiger partial charge in [-0.15, -0.1) is 0 Å². The summed E-state index contributed by atoms with van der Waals surface area (Å²) >= 11 is 0. The van der Waals surface area contributed by atoms with Crippen LogP contribution in [0.4, 0.5) is 0 Å². The highest BCUT2D eigenvalue weighted by atomic mass is 14.7. The van der Waals surface area contributed by atoms with Crippen molar-refractivity contribution in [1.29, 1.82) is 0 Å². The van der Waals surface area contributed by atoms with Crippen molar-refractivity contribution in [2.75, 3.05) is 0 Å². The molecule has 1 fully saturated rings. The van der Waals surface area contributed by atoms with E-state index in [-0.39, 0.29) is 0 Å². The van der Waals surface area contributed by atoms with Gasteiger partial charge >= 0.3 is 0 Å². The van der Waals surface area contributed by atoms with Crippen LogP contribution in [0.5, 0.6) is 0 Å². The average molecular weight is 418 g/mol. The van der Waals surface area contributed by atoms with E-state index in [2.05, 4.69) is 67.4 Å². The molecule has 31 heavy (non-hydrogen) atoms. The highest BCUT2D eigenvalue weighted by Crippen LogP contribution is 2.32. The number of hydrogen-bond donors (Lipinski definition) is 0. The SMILES string of the molecule is CCCCC[C@H]1CC[C@H](/C=C/CCc2ccc(-c3ccc(CCCC)cn3)cc2)CC1. The number of allylic oxidation sites excluding steroid dienone is 2. The third-order valence-corrected chi connectivity index (χ3v) is 7.01. The maximum absolute atomic E-state index is 4.67. The number of benzene rings is 1. The Morgan fingerprint density at radius 2 is 1.55 bits per heavy atom. The van der Waals surface area contributed by atoms with E-state index >= 15 is 0 Å². The number of nitrogens with zero attached hydrogens (tertiary/aromatic N) is 1. The molecular weight excluding hydrogens is 374 g/mol. The summed E-state index contributed by atoms with van der Waals surface area (Å²) in [6.07, 6.45) is 24.3. The predicted octanol–water partition coefficient (Wildman–Crippen LogP) is 8.97. The lowest BCUT2D eigenvalue weighted by Gasteiger charge is -2.26. The van der Waals surface area contributed by atoms with Crippen molar-refractivity contribution in [1.82, 2.24) is 4.98 Å². The Hall–Kier alpha value is -1.89. The fraction of sp³-hybridized carbons (Fsp3) is 0.567. The molecule has 2 aromatic rings. The van der Waals surface area contributed by atoms with Crippen LogP contribution in [-0.4, -0.2) is 4.98 Å². The summed E-state index contributed by atoms with van der Waals surface area (Å²) in [4.78, 5) is 4.67. The summed E-state index contributed by atoms with van der Waals surface area (Å²) in [7, 11) is 0. The van der Waals surface area contributed by atoms with Gasteiger partial charge in [-0.3, -0.25) is 4.98 Å². The first-order chi connectivity index (χ1) is 15.3. The minimum Gasteiger partial charge on any atom is -0.256 e. The molecule has 0 saturated heterocycles. The molecule has 1 nitrogen and oxygen atoms in total. The van der Waals surface area contributed by atoms with Gasteiger partial charge < -0.3 is 0 Å². The lowest BCUT2D eigenvalue weighted by atomic mass is 9.79. The Morgan fingerprint density at radius 1 is 0.806 bits per heavy atom. The Labute approximate surface area is 191 Å². The first-order valence-electron chi connectivity index (χ1n) is 13.0. The van der Waals surface area contributed by atoms with Crippen molar-refractivity contribution >= 4 is 0 Å². The zero-order chi connectivity index (χ0) is 21.7. The molecule has 1 saturated carbocycles. The van der Waals surface area contributed by atoms with Crippen LogP contribution >= 0.6 is 0 Å². The summed E-state index contributed by atoms with van der Waals surface area (Å²) in [6.45, 7) is 4.54. The van der Waals surface area contributed by atoms with Gasteiger partial charge in [-0.25, -0.2) is 0 Å². The third-order valence-electron chi connectivity index (χ3n) is 7.01. The Bertz CT molecular complexity index is 748. The number of aryl methyl sites for hydroxylation is 2. The monoisotopic (exact) mass is 417 g/mol. The molecule has 3 rings (SSSR count). The summed E-state index contributed by atoms with van der Waals surface area (Å²) in [6, 6.07) is 13.4. The van der Waals surface area contributed by atoms with Gasteiger partial charge in [-0.2, -0.15) is 0 Å². The van der Waals surface area contributed by atoms with Crippen LogP contribution in [-0.2, 0) is 12.8 Å². The molecule has 1 aliphatic rings. The van der Waals surface area contributed by atoms with Gasteiger partial charge in [0.1, 0.15) is 0 Å². The number of hydrogen-bond acceptors (Lipinski definition) is 1. The fourth-order valence-corrected chi connectivity index (χ4v) is 4.86. The molecule has 0 atom stereocenters. The Morgan fingerprint density at radius 3 is 2.23 bits per heavy atom. The van der Waals surface area contributed by atoms with Gasteiger partial charge in [0, 0.05) is 11.8 Å². The van der Waals surface area contributed by atoms with E-state index in [4.69, 9.17) is 0 Å². The minimum absolute atomic E-state index is 0.830. The molecule has 1 aromatic carbocycles. The zero-order valence-electron chi connectivity index (χ0n) is 20.0. The summed E-state index contributed by atoms with van der Waals surface area (Å²) < 4.78 is 0. The molecule has 0 N–H and O–H groups in total. The van der Waals surface area contributed by atoms with Gasteiger partial charge in [0.05, 0.1) is 5.69 Å². The highest BCUT2D eigenvalue weighted by molar-refractivity contribution is 5.59. The zero-order valence-corrected chi connectivity index (χ0v) is 20.0. The molecule has 0 unspecified atom stereocenters. The van der Waals surface area contributed by atoms with Gasteiger partial charge in [0.2, 0.25) is 0 Å². The molecule has 1 aromatic heterocycles. The first kappa shape index (κ1) is 23.8. The fourth-order valence-electron chi connectivity index (χ4n) is 4.86. The maximum atomic E-state index is 4.67. The second-order valence-electron chi connectivity index (χ2n) is 9.60. The van der Waals surface area contributed by atoms with Crippen LogP contribution in [0.25, 0.3) is 11.3 Å². The summed E-state index contributed by atoms with van der Waals surface area (Å²) in [5, 5.41) is 0. The van der Waals surface area contributed by atoms with Gasteiger partial charge in [-0.1, -0.05) is 88.4 Å². The molecule has 0 spiro atoms. The van der Waals surface area contributed by atoms with Crippen LogP contribution in [0.3, 0.4) is 0 Å². The van der Waals surface area contributed by atoms with E-state index in [0.29, 0.717) is 0 Å². The summed E-state index contributed by atoms with van der Waals surface area (Å²) in [5.74, 6) is 1.84. The van der Waals surface area contributed by atoms with Crippen LogP contribution in [0.1, 0.15) is 95.6 Å². The first-order valence-corrected chi connectivity index (χ1v) is 13.0. The number of aromatic nitrogens is 1. The average Bonchev–Trinajstić information content (AvgIpc) is 2.82. The van der Waals surface area contributed by atoms with Crippen LogP contribution in [0.2, 0.25) is 0 Å². The number of unbranched alkanes of at least 4 members (excludes halogenated alkanes) is 3. The maximum Gasteiger partial charge on any atom is 0.0702 e. The van der Waals surface area contributed by atoms with Crippen molar-refractivity contribution in [3.8, 4) is 11.3 Å². The largest absolute Gasteiger partial charge is 0.256 e. The van der Waals surface area contributed by atoms with Crippen molar-refractivity contribution in [2.24, 2.45) is 11.8 Å². The van der Waals surface area contributed by atoms with Crippen LogP contribution in [0.15, 0.2) is 54.7 Å². The van der Waals surface area contributed by atoms with Crippen molar-refractivity contribution in [2.45, 2.75) is 97.3 Å². The molecule has 1 heterocycles. The van der Waals surface area contributed by atoms with E-state index in [9.17, 15) is 0 Å². The van der Waals surface area contributed by atoms with Crippen LogP contribution < -0.4 is 0 Å². The molecule has 168 valence electrons. The molecule has 0 amide bonds. The molecule has 1 heteroatoms. The van der Waals surface area contributed by atoms with E-state index in [1.54, 1.807) is 0 Å². The second kappa shape index (κ2) is 13.5. The highest BCUT2D eigenvalue weighted by Gasteiger charge is 2.18. The minimum atomic E-state index is 0.830. The van der Waals surface area contributed by atoms with Gasteiger partial charge in [-0.05, 0) is 80.4 Å². The smallest absolute Gasteiger partial charge is 0.0702 e. The Balaban J connectivity index is 1.38.